The quantitative estimate of drug-likeness (QED) is 0.517. The number of carbonyl (C=O) groups excluding carboxylic acids is 2. The second-order valence-corrected chi connectivity index (χ2v) is 7.72. The van der Waals surface area contributed by atoms with Crippen LogP contribution in [0.2, 0.25) is 0 Å². The normalized spacial score (nSPS) is 10.8. The fourth-order valence-corrected chi connectivity index (χ4v) is 4.74. The van der Waals surface area contributed by atoms with Crippen LogP contribution in [0.15, 0.2) is 36.4 Å². The monoisotopic (exact) mass is 354 g/mol. The van der Waals surface area contributed by atoms with Gasteiger partial charge in [0.15, 0.2) is 12.6 Å². The summed E-state index contributed by atoms with van der Waals surface area (Å²) in [4.78, 5) is 26.5. The Hall–Kier alpha value is -2.04. The smallest absolute Gasteiger partial charge is 0.160 e. The van der Waals surface area contributed by atoms with E-state index in [1.165, 1.54) is 21.1 Å². The first-order valence-electron chi connectivity index (χ1n) is 7.96. The van der Waals surface area contributed by atoms with E-state index >= 15 is 0 Å². The highest BCUT2D eigenvalue weighted by molar-refractivity contribution is 7.24. The number of aldehydes is 2. The lowest BCUT2D eigenvalue weighted by Gasteiger charge is -2.10. The molecule has 0 aliphatic rings. The lowest BCUT2D eigenvalue weighted by Crippen LogP contribution is -1.98. The van der Waals surface area contributed by atoms with Crippen LogP contribution >= 0.6 is 22.7 Å². The number of carbonyl (C=O) groups is 2. The number of thiophene rings is 2. The van der Waals surface area contributed by atoms with Crippen LogP contribution in [0.25, 0.3) is 20.2 Å². The molecule has 3 rings (SSSR count). The van der Waals surface area contributed by atoms with E-state index in [1.807, 2.05) is 12.1 Å². The minimum atomic E-state index is 0.747. The Morgan fingerprint density at radius 2 is 1.38 bits per heavy atom. The molecule has 0 unspecified atom stereocenters. The van der Waals surface area contributed by atoms with E-state index in [1.54, 1.807) is 11.3 Å². The van der Waals surface area contributed by atoms with Crippen LogP contribution in [-0.2, 0) is 12.8 Å². The maximum Gasteiger partial charge on any atom is 0.160 e. The molecule has 0 aliphatic carbocycles. The van der Waals surface area contributed by atoms with Gasteiger partial charge in [-0.15, -0.1) is 22.7 Å². The molecule has 0 amide bonds. The molecule has 0 radical (unpaired) electrons. The molecule has 1 aromatic carbocycles. The van der Waals surface area contributed by atoms with E-state index in [0.717, 1.165) is 57.4 Å². The first kappa shape index (κ1) is 16.8. The van der Waals surface area contributed by atoms with E-state index in [4.69, 9.17) is 0 Å². The number of aryl methyl sites for hydroxylation is 2. The second-order valence-electron chi connectivity index (χ2n) is 5.52. The highest BCUT2D eigenvalue weighted by Crippen LogP contribution is 2.38. The summed E-state index contributed by atoms with van der Waals surface area (Å²) in [6, 6.07) is 12.3. The topological polar surface area (TPSA) is 34.1 Å². The summed E-state index contributed by atoms with van der Waals surface area (Å²) >= 11 is 3.23. The van der Waals surface area contributed by atoms with Gasteiger partial charge >= 0.3 is 0 Å². The van der Waals surface area contributed by atoms with E-state index in [0.29, 0.717) is 0 Å². The van der Waals surface area contributed by atoms with Crippen molar-refractivity contribution >= 4 is 35.2 Å². The third-order valence-corrected chi connectivity index (χ3v) is 6.45. The summed E-state index contributed by atoms with van der Waals surface area (Å²) in [6.07, 6.45) is 3.57. The molecule has 2 nitrogen and oxygen atoms in total. The third-order valence-electron chi connectivity index (χ3n) is 4.11. The average molecular weight is 354 g/mol. The van der Waals surface area contributed by atoms with E-state index < -0.39 is 0 Å². The van der Waals surface area contributed by atoms with E-state index in [-0.39, 0.29) is 0 Å². The van der Waals surface area contributed by atoms with Crippen molar-refractivity contribution in [3.05, 3.63) is 58.0 Å². The lowest BCUT2D eigenvalue weighted by molar-refractivity contribution is 0.111. The van der Waals surface area contributed by atoms with Gasteiger partial charge in [-0.05, 0) is 65.9 Å². The molecule has 0 atom stereocenters. The Balaban J connectivity index is 2.03. The van der Waals surface area contributed by atoms with Crippen LogP contribution in [0, 0.1) is 0 Å². The summed E-state index contributed by atoms with van der Waals surface area (Å²) in [7, 11) is 0. The van der Waals surface area contributed by atoms with Crippen LogP contribution in [0.5, 0.6) is 0 Å². The first-order chi connectivity index (χ1) is 11.7. The number of hydrogen-bond acceptors (Lipinski definition) is 4. The third kappa shape index (κ3) is 3.12. The molecule has 2 aromatic heterocycles. The molecule has 2 heterocycles. The Labute approximate surface area is 149 Å². The van der Waals surface area contributed by atoms with Crippen LogP contribution in [0.4, 0.5) is 0 Å². The van der Waals surface area contributed by atoms with Gasteiger partial charge in [0, 0.05) is 20.2 Å². The predicted octanol–water partition coefficient (Wildman–Crippen LogP) is 5.89. The van der Waals surface area contributed by atoms with Crippen molar-refractivity contribution in [3.63, 3.8) is 0 Å². The summed E-state index contributed by atoms with van der Waals surface area (Å²) in [5.41, 5.74) is 4.22. The maximum absolute atomic E-state index is 11.4. The fraction of sp³-hybridized carbons (Fsp3) is 0.200. The van der Waals surface area contributed by atoms with E-state index in [9.17, 15) is 9.59 Å². The van der Waals surface area contributed by atoms with Gasteiger partial charge in [-0.25, -0.2) is 0 Å². The molecule has 0 saturated carbocycles. The Kier molecular flexibility index (Phi) is 5.07. The maximum atomic E-state index is 11.4. The van der Waals surface area contributed by atoms with Crippen molar-refractivity contribution in [1.82, 2.24) is 0 Å². The fourth-order valence-electron chi connectivity index (χ4n) is 2.83. The van der Waals surface area contributed by atoms with Gasteiger partial charge in [-0.2, -0.15) is 0 Å². The molecule has 0 N–H and O–H groups in total. The van der Waals surface area contributed by atoms with Crippen LogP contribution in [-0.4, -0.2) is 12.6 Å². The van der Waals surface area contributed by atoms with Crippen molar-refractivity contribution in [1.29, 1.82) is 0 Å². The summed E-state index contributed by atoms with van der Waals surface area (Å²) in [5, 5.41) is 0. The minimum Gasteiger partial charge on any atom is -0.298 e. The first-order valence-corrected chi connectivity index (χ1v) is 9.60. The second kappa shape index (κ2) is 7.24. The zero-order valence-electron chi connectivity index (χ0n) is 13.7. The van der Waals surface area contributed by atoms with Crippen LogP contribution < -0.4 is 0 Å². The largest absolute Gasteiger partial charge is 0.298 e. The zero-order chi connectivity index (χ0) is 17.1. The van der Waals surface area contributed by atoms with Crippen molar-refractivity contribution in [2.75, 3.05) is 0 Å². The standard InChI is InChI=1S/C20H18O2S2/c1-3-13-9-15(10-14(4-2)17(13)12-22)18-7-8-20(24-18)19-6-5-16(11-21)23-19/h5-12H,3-4H2,1-2H3. The summed E-state index contributed by atoms with van der Waals surface area (Å²) in [5.74, 6) is 0. The molecule has 3 aromatic rings. The van der Waals surface area contributed by atoms with E-state index in [2.05, 4.69) is 38.1 Å². The highest BCUT2D eigenvalue weighted by atomic mass is 32.1. The molecule has 0 saturated heterocycles. The lowest BCUT2D eigenvalue weighted by atomic mass is 9.95. The van der Waals surface area contributed by atoms with Crippen molar-refractivity contribution in [3.8, 4) is 20.2 Å². The number of hydrogen-bond donors (Lipinski definition) is 0. The Morgan fingerprint density at radius 1 is 0.792 bits per heavy atom. The molecule has 0 bridgehead atoms. The molecular weight excluding hydrogens is 336 g/mol. The van der Waals surface area contributed by atoms with Crippen LogP contribution in [0.3, 0.4) is 0 Å². The minimum absolute atomic E-state index is 0.747. The molecule has 24 heavy (non-hydrogen) atoms. The summed E-state index contributed by atoms with van der Waals surface area (Å²) < 4.78 is 0. The molecule has 122 valence electrons. The van der Waals surface area contributed by atoms with Gasteiger partial charge in [0.25, 0.3) is 0 Å². The molecule has 0 fully saturated rings. The van der Waals surface area contributed by atoms with Gasteiger partial charge in [-0.1, -0.05) is 13.8 Å². The Morgan fingerprint density at radius 3 is 1.92 bits per heavy atom. The van der Waals surface area contributed by atoms with Gasteiger partial charge in [0.05, 0.1) is 4.88 Å². The number of rotatable bonds is 6. The molecular formula is C20H18O2S2. The zero-order valence-corrected chi connectivity index (χ0v) is 15.3. The Bertz CT molecular complexity index is 862. The summed E-state index contributed by atoms with van der Waals surface area (Å²) in [6.45, 7) is 4.16. The van der Waals surface area contributed by atoms with Crippen LogP contribution in [0.1, 0.15) is 45.0 Å². The van der Waals surface area contributed by atoms with Crippen molar-refractivity contribution < 1.29 is 9.59 Å². The molecule has 4 heteroatoms. The van der Waals surface area contributed by atoms with Gasteiger partial charge in [0.1, 0.15) is 0 Å². The van der Waals surface area contributed by atoms with Gasteiger partial charge in [0.2, 0.25) is 0 Å². The van der Waals surface area contributed by atoms with Crippen molar-refractivity contribution in [2.45, 2.75) is 26.7 Å². The SMILES string of the molecule is CCc1cc(-c2ccc(-c3ccc(C=O)s3)s2)cc(CC)c1C=O. The molecule has 0 spiro atoms. The average Bonchev–Trinajstić information content (AvgIpc) is 3.29. The van der Waals surface area contributed by atoms with Crippen molar-refractivity contribution in [2.24, 2.45) is 0 Å². The predicted molar refractivity (Wildman–Crippen MR) is 103 cm³/mol. The molecule has 0 aliphatic heterocycles. The van der Waals surface area contributed by atoms with Gasteiger partial charge in [-0.3, -0.25) is 9.59 Å². The number of benzene rings is 1. The van der Waals surface area contributed by atoms with Gasteiger partial charge < -0.3 is 0 Å². The highest BCUT2D eigenvalue weighted by Gasteiger charge is 2.12.